The van der Waals surface area contributed by atoms with Gasteiger partial charge in [-0.25, -0.2) is 0 Å². The van der Waals surface area contributed by atoms with Crippen molar-refractivity contribution in [2.75, 3.05) is 92.1 Å². The van der Waals surface area contributed by atoms with E-state index < -0.39 is 0 Å². The van der Waals surface area contributed by atoms with Crippen LogP contribution in [0.15, 0.2) is 0 Å². The molecule has 0 radical (unpaired) electrons. The summed E-state index contributed by atoms with van der Waals surface area (Å²) in [4.78, 5) is 3.22. The molecule has 0 aliphatic rings. The van der Waals surface area contributed by atoms with E-state index in [4.69, 9.17) is 18.9 Å². The van der Waals surface area contributed by atoms with Gasteiger partial charge in [-0.2, -0.15) is 0 Å². The lowest BCUT2D eigenvalue weighted by Gasteiger charge is -2.34. The molecule has 0 heterocycles. The van der Waals surface area contributed by atoms with Gasteiger partial charge in [-0.15, -0.1) is 0 Å². The zero-order valence-corrected chi connectivity index (χ0v) is 38.3. The molecule has 0 spiro atoms. The molecule has 0 saturated carbocycles. The first kappa shape index (κ1) is 57.7. The number of nitrogens with one attached hydrogen (secondary N) is 2. The van der Waals surface area contributed by atoms with E-state index in [0.717, 1.165) is 98.5 Å². The normalized spacial score (nSPS) is 11.8. The molecule has 0 saturated heterocycles. The molecule has 0 aliphatic carbocycles. The summed E-state index contributed by atoms with van der Waals surface area (Å²) in [6, 6.07) is 0. The van der Waals surface area contributed by atoms with Crippen LogP contribution in [0.5, 0.6) is 0 Å². The van der Waals surface area contributed by atoms with Crippen molar-refractivity contribution in [1.29, 1.82) is 0 Å². The largest absolute Gasteiger partial charge is 1.00 e. The second-order valence-corrected chi connectivity index (χ2v) is 15.9. The lowest BCUT2D eigenvalue weighted by molar-refractivity contribution is -0.896. The monoisotopic (exact) mass is 799 g/mol. The van der Waals surface area contributed by atoms with Gasteiger partial charge in [0.15, 0.2) is 0 Å². The molecule has 324 valence electrons. The lowest BCUT2D eigenvalue weighted by atomic mass is 9.84. The van der Waals surface area contributed by atoms with Crippen LogP contribution in [-0.2, 0) is 18.9 Å². The maximum atomic E-state index is 6.52. The second kappa shape index (κ2) is 46.7. The van der Waals surface area contributed by atoms with Crippen LogP contribution in [0, 0.1) is 5.41 Å². The molecule has 0 rings (SSSR count). The van der Waals surface area contributed by atoms with Crippen LogP contribution >= 0.6 is 0 Å². The van der Waals surface area contributed by atoms with Crippen molar-refractivity contribution in [2.24, 2.45) is 5.41 Å². The number of hydrogen-bond donors (Lipinski definition) is 2. The molecule has 0 aliphatic heterocycles. The van der Waals surface area contributed by atoms with Gasteiger partial charge in [-0.05, 0) is 53.4 Å². The zero-order chi connectivity index (χ0) is 37.4. The third-order valence-corrected chi connectivity index (χ3v) is 11.2. The van der Waals surface area contributed by atoms with Gasteiger partial charge in [0.25, 0.3) is 0 Å². The van der Waals surface area contributed by atoms with E-state index in [9.17, 15) is 0 Å². The third kappa shape index (κ3) is 39.0. The fourth-order valence-corrected chi connectivity index (χ4v) is 7.21. The molecule has 0 amide bonds. The van der Waals surface area contributed by atoms with E-state index >= 15 is 0 Å². The Balaban J connectivity index is -0.0000125. The lowest BCUT2D eigenvalue weighted by Crippen LogP contribution is -3.11. The van der Waals surface area contributed by atoms with Crippen LogP contribution in [-0.4, -0.2) is 92.1 Å². The predicted octanol–water partition coefficient (Wildman–Crippen LogP) is 3.30. The van der Waals surface area contributed by atoms with Gasteiger partial charge >= 0.3 is 0 Å². The van der Waals surface area contributed by atoms with Crippen molar-refractivity contribution in [3.63, 3.8) is 0 Å². The summed E-state index contributed by atoms with van der Waals surface area (Å²) in [5, 5.41) is 0. The highest BCUT2D eigenvalue weighted by atomic mass is 35.5. The maximum Gasteiger partial charge on any atom is 0.101 e. The van der Waals surface area contributed by atoms with Gasteiger partial charge < -0.3 is 53.6 Å². The highest BCUT2D eigenvalue weighted by molar-refractivity contribution is 4.80. The van der Waals surface area contributed by atoms with Gasteiger partial charge in [0.05, 0.1) is 59.2 Å². The highest BCUT2D eigenvalue weighted by Crippen LogP contribution is 2.28. The van der Waals surface area contributed by atoms with Crippen LogP contribution in [0.1, 0.15) is 196 Å². The van der Waals surface area contributed by atoms with Gasteiger partial charge in [0, 0.05) is 25.2 Å². The summed E-state index contributed by atoms with van der Waals surface area (Å²) in [6.45, 7) is 27.2. The van der Waals surface area contributed by atoms with Crippen LogP contribution < -0.4 is 34.6 Å². The number of ether oxygens (including phenoxy) is 4. The summed E-state index contributed by atoms with van der Waals surface area (Å²) in [7, 11) is 0. The van der Waals surface area contributed by atoms with Gasteiger partial charge in [-0.3, -0.25) is 0 Å². The average molecular weight is 800 g/mol. The van der Waals surface area contributed by atoms with E-state index in [1.165, 1.54) is 148 Å². The van der Waals surface area contributed by atoms with Crippen molar-refractivity contribution in [3.8, 4) is 0 Å². The molecule has 0 aromatic heterocycles. The van der Waals surface area contributed by atoms with Crippen LogP contribution in [0.2, 0.25) is 0 Å². The first-order valence-electron chi connectivity index (χ1n) is 23.1. The minimum atomic E-state index is -0.0563. The summed E-state index contributed by atoms with van der Waals surface area (Å²) >= 11 is 0. The molecule has 2 N–H and O–H groups in total. The molecule has 0 aromatic rings. The van der Waals surface area contributed by atoms with Crippen molar-refractivity contribution in [3.05, 3.63) is 0 Å². The molecule has 0 bridgehead atoms. The molecule has 6 nitrogen and oxygen atoms in total. The Bertz CT molecular complexity index is 602. The molecule has 53 heavy (non-hydrogen) atoms. The highest BCUT2D eigenvalue weighted by Gasteiger charge is 2.31. The Morgan fingerprint density at radius 1 is 0.321 bits per heavy atom. The summed E-state index contributed by atoms with van der Waals surface area (Å²) in [5.74, 6) is 0. The Kier molecular flexibility index (Phi) is 50.8. The molecular formula is C45H96Cl2N2O4. The first-order valence-corrected chi connectivity index (χ1v) is 23.1. The molecule has 8 heteroatoms. The fourth-order valence-electron chi connectivity index (χ4n) is 7.21. The second-order valence-electron chi connectivity index (χ2n) is 15.9. The minimum absolute atomic E-state index is 0. The SMILES string of the molecule is CCCCCCCCCCCCCCOCC(CCCCCCCCOCCCCCCC)(COCC[NH+](CC)CC)COCC[NH+](CC)CC.[Cl-].[Cl-]. The summed E-state index contributed by atoms with van der Waals surface area (Å²) in [5.41, 5.74) is -0.0563. The molecule has 0 aromatic carbocycles. The smallest absolute Gasteiger partial charge is 0.101 e. The van der Waals surface area contributed by atoms with Gasteiger partial charge in [0.1, 0.15) is 13.1 Å². The number of rotatable bonds is 44. The van der Waals surface area contributed by atoms with Crippen molar-refractivity contribution in [2.45, 2.75) is 196 Å². The molecular weight excluding hydrogens is 703 g/mol. The predicted molar refractivity (Wildman–Crippen MR) is 222 cm³/mol. The van der Waals surface area contributed by atoms with E-state index in [1.807, 2.05) is 0 Å². The van der Waals surface area contributed by atoms with Crippen molar-refractivity contribution >= 4 is 0 Å². The average Bonchev–Trinajstić information content (AvgIpc) is 3.15. The summed E-state index contributed by atoms with van der Waals surface area (Å²) < 4.78 is 25.4. The molecule has 0 unspecified atom stereocenters. The maximum absolute atomic E-state index is 6.52. The molecule has 0 atom stereocenters. The summed E-state index contributed by atoms with van der Waals surface area (Å²) in [6.07, 6.45) is 31.9. The number of unbranched alkanes of at least 4 members (excludes halogenated alkanes) is 20. The van der Waals surface area contributed by atoms with Crippen LogP contribution in [0.4, 0.5) is 0 Å². The Morgan fingerprint density at radius 3 is 0.943 bits per heavy atom. The van der Waals surface area contributed by atoms with Gasteiger partial charge in [-0.1, -0.05) is 142 Å². The number of quaternary nitrogens is 2. The van der Waals surface area contributed by atoms with Crippen molar-refractivity contribution in [1.82, 2.24) is 0 Å². The van der Waals surface area contributed by atoms with Gasteiger partial charge in [0.2, 0.25) is 0 Å². The molecule has 0 fully saturated rings. The fraction of sp³-hybridized carbons (Fsp3) is 1.00. The Hall–Kier alpha value is 0.340. The Morgan fingerprint density at radius 2 is 0.604 bits per heavy atom. The Labute approximate surface area is 345 Å². The van der Waals surface area contributed by atoms with E-state index in [1.54, 1.807) is 9.80 Å². The number of hydrogen-bond acceptors (Lipinski definition) is 4. The van der Waals surface area contributed by atoms with E-state index in [-0.39, 0.29) is 30.2 Å². The number of halogens is 2. The van der Waals surface area contributed by atoms with Crippen molar-refractivity contribution < 1.29 is 53.6 Å². The van der Waals surface area contributed by atoms with Crippen LogP contribution in [0.25, 0.3) is 0 Å². The standard InChI is InChI=1S/C45H94N2O4.2ClH/c1-7-13-15-17-18-19-20-21-22-24-29-33-39-49-42-45(43-50-40-35-46(9-3)10-4,44-51-41-36-47(11-5)12-6)34-30-26-23-25-28-32-38-48-37-31-27-16-14-8-2;;/h7-44H2,1-6H3;2*1H. The van der Waals surface area contributed by atoms with E-state index in [0.29, 0.717) is 0 Å². The van der Waals surface area contributed by atoms with Crippen LogP contribution in [0.3, 0.4) is 0 Å². The topological polar surface area (TPSA) is 45.8 Å². The van der Waals surface area contributed by atoms with E-state index in [2.05, 4.69) is 41.5 Å². The third-order valence-electron chi connectivity index (χ3n) is 11.2. The minimum Gasteiger partial charge on any atom is -1.00 e. The first-order chi connectivity index (χ1) is 25.1. The zero-order valence-electron chi connectivity index (χ0n) is 36.8. The number of likely N-dealkylation sites (N-methyl/N-ethyl adjacent to an activating group) is 2. The quantitative estimate of drug-likeness (QED) is 0.0931.